The van der Waals surface area contributed by atoms with Gasteiger partial charge >= 0.3 is 0 Å². The maximum atomic E-state index is 9.57. The van der Waals surface area contributed by atoms with E-state index in [1.54, 1.807) is 6.07 Å². The van der Waals surface area contributed by atoms with E-state index in [4.69, 9.17) is 0 Å². The summed E-state index contributed by atoms with van der Waals surface area (Å²) < 4.78 is 0. The number of phenolic OH excluding ortho intramolecular Hbond substituents is 2. The molecule has 0 radical (unpaired) electrons. The summed E-state index contributed by atoms with van der Waals surface area (Å²) in [5, 5.41) is 22.1. The molecule has 0 saturated carbocycles. The third-order valence-corrected chi connectivity index (χ3v) is 2.48. The third-order valence-electron chi connectivity index (χ3n) is 2.48. The molecule has 1 saturated heterocycles. The third kappa shape index (κ3) is 1.94. The van der Waals surface area contributed by atoms with Crippen molar-refractivity contribution in [3.05, 3.63) is 23.8 Å². The summed E-state index contributed by atoms with van der Waals surface area (Å²) in [6, 6.07) is 5.29. The van der Waals surface area contributed by atoms with Gasteiger partial charge in [0.15, 0.2) is 11.5 Å². The second-order valence-electron chi connectivity index (χ2n) is 3.36. The number of phenols is 2. The first kappa shape index (κ1) is 11.1. The molecule has 1 heterocycles. The Kier molecular flexibility index (Phi) is 3.61. The minimum absolute atomic E-state index is 0. The van der Waals surface area contributed by atoms with E-state index in [0.29, 0.717) is 0 Å². The first-order valence-electron chi connectivity index (χ1n) is 4.53. The van der Waals surface area contributed by atoms with E-state index < -0.39 is 0 Å². The molecule has 0 unspecified atom stereocenters. The molecular formula is C10H14ClNO2. The highest BCUT2D eigenvalue weighted by molar-refractivity contribution is 5.85. The minimum Gasteiger partial charge on any atom is -0.504 e. The van der Waals surface area contributed by atoms with E-state index >= 15 is 0 Å². The minimum atomic E-state index is -0.0359. The first-order valence-corrected chi connectivity index (χ1v) is 4.53. The van der Waals surface area contributed by atoms with Gasteiger partial charge in [-0.15, -0.1) is 12.4 Å². The summed E-state index contributed by atoms with van der Waals surface area (Å²) in [5.41, 5.74) is 0.803. The van der Waals surface area contributed by atoms with Crippen LogP contribution in [0.5, 0.6) is 11.5 Å². The molecule has 1 fully saturated rings. The van der Waals surface area contributed by atoms with Crippen molar-refractivity contribution in [2.75, 3.05) is 6.54 Å². The number of aromatic hydroxyl groups is 2. The van der Waals surface area contributed by atoms with E-state index in [1.165, 1.54) is 6.07 Å². The number of rotatable bonds is 1. The van der Waals surface area contributed by atoms with Gasteiger partial charge in [-0.25, -0.2) is 0 Å². The number of nitrogens with one attached hydrogen (secondary N) is 1. The number of hydrogen-bond acceptors (Lipinski definition) is 3. The van der Waals surface area contributed by atoms with Gasteiger partial charge in [-0.2, -0.15) is 0 Å². The lowest BCUT2D eigenvalue weighted by Crippen LogP contribution is -2.12. The molecule has 1 aromatic carbocycles. The molecule has 1 aliphatic rings. The SMILES string of the molecule is Cl.Oc1cccc([C@H]2CCCN2)c1O. The molecule has 0 spiro atoms. The fraction of sp³-hybridized carbons (Fsp3) is 0.400. The van der Waals surface area contributed by atoms with Crippen LogP contribution in [-0.4, -0.2) is 16.8 Å². The van der Waals surface area contributed by atoms with E-state index in [0.717, 1.165) is 24.9 Å². The van der Waals surface area contributed by atoms with Crippen molar-refractivity contribution in [3.8, 4) is 11.5 Å². The summed E-state index contributed by atoms with van der Waals surface area (Å²) in [6.07, 6.45) is 2.15. The average Bonchev–Trinajstić information content (AvgIpc) is 2.62. The van der Waals surface area contributed by atoms with E-state index in [1.807, 2.05) is 6.07 Å². The second kappa shape index (κ2) is 4.53. The van der Waals surface area contributed by atoms with E-state index in [2.05, 4.69) is 5.32 Å². The highest BCUT2D eigenvalue weighted by Gasteiger charge is 2.20. The molecule has 1 atom stereocenters. The van der Waals surface area contributed by atoms with Crippen molar-refractivity contribution in [1.82, 2.24) is 5.32 Å². The number of para-hydroxylation sites is 1. The molecule has 14 heavy (non-hydrogen) atoms. The van der Waals surface area contributed by atoms with E-state index in [9.17, 15) is 10.2 Å². The van der Waals surface area contributed by atoms with Crippen LogP contribution >= 0.6 is 12.4 Å². The van der Waals surface area contributed by atoms with Gasteiger partial charge < -0.3 is 15.5 Å². The van der Waals surface area contributed by atoms with Gasteiger partial charge in [0.05, 0.1) is 0 Å². The van der Waals surface area contributed by atoms with Gasteiger partial charge in [-0.3, -0.25) is 0 Å². The molecule has 0 bridgehead atoms. The zero-order valence-electron chi connectivity index (χ0n) is 7.73. The normalized spacial score (nSPS) is 20.4. The predicted molar refractivity (Wildman–Crippen MR) is 57.0 cm³/mol. The first-order chi connectivity index (χ1) is 6.29. The molecular weight excluding hydrogens is 202 g/mol. The maximum absolute atomic E-state index is 9.57. The van der Waals surface area contributed by atoms with Crippen LogP contribution in [0.1, 0.15) is 24.4 Å². The molecule has 0 amide bonds. The Balaban J connectivity index is 0.000000980. The summed E-state index contributed by atoms with van der Waals surface area (Å²) in [4.78, 5) is 0. The standard InChI is InChI=1S/C10H13NO2.ClH/c12-9-5-1-3-7(10(9)13)8-4-2-6-11-8;/h1,3,5,8,11-13H,2,4,6H2;1H/t8-;/m1./s1. The van der Waals surface area contributed by atoms with Crippen LogP contribution in [0, 0.1) is 0 Å². The quantitative estimate of drug-likeness (QED) is 0.628. The van der Waals surface area contributed by atoms with Crippen molar-refractivity contribution in [2.24, 2.45) is 0 Å². The van der Waals surface area contributed by atoms with Crippen LogP contribution in [0.3, 0.4) is 0 Å². The van der Waals surface area contributed by atoms with Gasteiger partial charge in [-0.05, 0) is 25.5 Å². The van der Waals surface area contributed by atoms with Gasteiger partial charge in [0.2, 0.25) is 0 Å². The molecule has 3 N–H and O–H groups in total. The molecule has 3 nitrogen and oxygen atoms in total. The van der Waals surface area contributed by atoms with Crippen molar-refractivity contribution >= 4 is 12.4 Å². The van der Waals surface area contributed by atoms with Crippen molar-refractivity contribution in [2.45, 2.75) is 18.9 Å². The Morgan fingerprint density at radius 1 is 1.29 bits per heavy atom. The van der Waals surface area contributed by atoms with Gasteiger partial charge in [0, 0.05) is 11.6 Å². The van der Waals surface area contributed by atoms with Crippen LogP contribution in [0.15, 0.2) is 18.2 Å². The van der Waals surface area contributed by atoms with Gasteiger partial charge in [0.1, 0.15) is 0 Å². The molecule has 78 valence electrons. The van der Waals surface area contributed by atoms with Crippen LogP contribution in [0.4, 0.5) is 0 Å². The zero-order chi connectivity index (χ0) is 9.26. The predicted octanol–water partition coefficient (Wildman–Crippen LogP) is 1.94. The number of benzene rings is 1. The molecule has 1 aromatic rings. The summed E-state index contributed by atoms with van der Waals surface area (Å²) in [6.45, 7) is 0.986. The molecule has 1 aliphatic heterocycles. The Morgan fingerprint density at radius 3 is 2.71 bits per heavy atom. The van der Waals surface area contributed by atoms with E-state index in [-0.39, 0.29) is 29.9 Å². The second-order valence-corrected chi connectivity index (χ2v) is 3.36. The Bertz CT molecular complexity index is 311. The van der Waals surface area contributed by atoms with Crippen LogP contribution in [0.2, 0.25) is 0 Å². The average molecular weight is 216 g/mol. The monoisotopic (exact) mass is 215 g/mol. The van der Waals surface area contributed by atoms with Crippen LogP contribution in [0.25, 0.3) is 0 Å². The summed E-state index contributed by atoms with van der Waals surface area (Å²) in [7, 11) is 0. The van der Waals surface area contributed by atoms with Gasteiger partial charge in [0.25, 0.3) is 0 Å². The number of hydrogen-bond donors (Lipinski definition) is 3. The largest absolute Gasteiger partial charge is 0.504 e. The highest BCUT2D eigenvalue weighted by Crippen LogP contribution is 2.35. The number of halogens is 1. The fourth-order valence-corrected chi connectivity index (χ4v) is 1.78. The lowest BCUT2D eigenvalue weighted by Gasteiger charge is -2.12. The van der Waals surface area contributed by atoms with Crippen LogP contribution < -0.4 is 5.32 Å². The maximum Gasteiger partial charge on any atom is 0.162 e. The Hall–Kier alpha value is -0.930. The molecule has 4 heteroatoms. The lowest BCUT2D eigenvalue weighted by molar-refractivity contribution is 0.394. The van der Waals surface area contributed by atoms with Gasteiger partial charge in [-0.1, -0.05) is 12.1 Å². The topological polar surface area (TPSA) is 52.5 Å². The summed E-state index contributed by atoms with van der Waals surface area (Å²) in [5.74, 6) is -0.0203. The van der Waals surface area contributed by atoms with Crippen molar-refractivity contribution in [1.29, 1.82) is 0 Å². The smallest absolute Gasteiger partial charge is 0.162 e. The fourth-order valence-electron chi connectivity index (χ4n) is 1.78. The molecule has 0 aliphatic carbocycles. The Labute approximate surface area is 89.2 Å². The molecule has 2 rings (SSSR count). The summed E-state index contributed by atoms with van der Waals surface area (Å²) >= 11 is 0. The van der Waals surface area contributed by atoms with Crippen LogP contribution in [-0.2, 0) is 0 Å². The van der Waals surface area contributed by atoms with Crippen molar-refractivity contribution < 1.29 is 10.2 Å². The van der Waals surface area contributed by atoms with Crippen molar-refractivity contribution in [3.63, 3.8) is 0 Å². The Morgan fingerprint density at radius 2 is 2.07 bits per heavy atom. The highest BCUT2D eigenvalue weighted by atomic mass is 35.5. The lowest BCUT2D eigenvalue weighted by atomic mass is 10.0. The zero-order valence-corrected chi connectivity index (χ0v) is 8.55. The molecule has 0 aromatic heterocycles.